The van der Waals surface area contributed by atoms with Crippen molar-refractivity contribution in [3.05, 3.63) is 24.3 Å². The van der Waals surface area contributed by atoms with Crippen LogP contribution in [0.15, 0.2) is 29.2 Å². The third-order valence-corrected chi connectivity index (χ3v) is 5.15. The molecule has 1 fully saturated rings. The molecule has 1 aliphatic heterocycles. The minimum absolute atomic E-state index is 0. The maximum absolute atomic E-state index is 12.4. The van der Waals surface area contributed by atoms with Gasteiger partial charge in [-0.3, -0.25) is 0 Å². The highest BCUT2D eigenvalue weighted by Crippen LogP contribution is 2.19. The van der Waals surface area contributed by atoms with Crippen LogP contribution in [0.2, 0.25) is 0 Å². The summed E-state index contributed by atoms with van der Waals surface area (Å²) in [6.07, 6.45) is 1.05. The second kappa shape index (κ2) is 8.15. The fraction of sp³-hybridized carbons (Fsp3) is 0.600. The summed E-state index contributed by atoms with van der Waals surface area (Å²) in [6.45, 7) is 7.57. The smallest absolute Gasteiger partial charge is 0.240 e. The molecule has 7 heteroatoms. The third-order valence-electron chi connectivity index (χ3n) is 3.64. The lowest BCUT2D eigenvalue weighted by Crippen LogP contribution is -2.50. The monoisotopic (exact) mass is 348 g/mol. The van der Waals surface area contributed by atoms with Crippen LogP contribution in [0.25, 0.3) is 0 Å². The number of sulfonamides is 1. The molecule has 1 heterocycles. The van der Waals surface area contributed by atoms with Crippen molar-refractivity contribution in [3.63, 3.8) is 0 Å². The van der Waals surface area contributed by atoms with Crippen LogP contribution in [-0.2, 0) is 10.0 Å². The molecule has 2 rings (SSSR count). The maximum atomic E-state index is 12.4. The average molecular weight is 349 g/mol. The van der Waals surface area contributed by atoms with E-state index in [0.29, 0.717) is 18.2 Å². The Morgan fingerprint density at radius 2 is 1.91 bits per heavy atom. The number of halogens is 1. The highest BCUT2D eigenvalue weighted by molar-refractivity contribution is 7.89. The summed E-state index contributed by atoms with van der Waals surface area (Å²) < 4.78 is 33.1. The van der Waals surface area contributed by atoms with Crippen LogP contribution in [0.3, 0.4) is 0 Å². The summed E-state index contributed by atoms with van der Waals surface area (Å²) in [5.41, 5.74) is 0. The van der Waals surface area contributed by atoms with Crippen LogP contribution in [0.1, 0.15) is 27.2 Å². The van der Waals surface area contributed by atoms with Crippen LogP contribution in [0, 0.1) is 5.92 Å². The highest BCUT2D eigenvalue weighted by atomic mass is 35.5. The molecule has 0 radical (unpaired) electrons. The zero-order valence-corrected chi connectivity index (χ0v) is 14.8. The van der Waals surface area contributed by atoms with Crippen molar-refractivity contribution < 1.29 is 13.2 Å². The molecule has 2 N–H and O–H groups in total. The van der Waals surface area contributed by atoms with Gasteiger partial charge in [0.1, 0.15) is 5.75 Å². The molecule has 2 atom stereocenters. The summed E-state index contributed by atoms with van der Waals surface area (Å²) in [7, 11) is -3.48. The van der Waals surface area contributed by atoms with Gasteiger partial charge in [0.2, 0.25) is 10.0 Å². The fourth-order valence-corrected chi connectivity index (χ4v) is 3.73. The summed E-state index contributed by atoms with van der Waals surface area (Å²) in [4.78, 5) is 0.274. The quantitative estimate of drug-likeness (QED) is 0.855. The molecule has 1 aromatic carbocycles. The second-order valence-corrected chi connectivity index (χ2v) is 7.55. The number of hydrogen-bond donors (Lipinski definition) is 2. The van der Waals surface area contributed by atoms with Crippen molar-refractivity contribution in [3.8, 4) is 5.75 Å². The molecular weight excluding hydrogens is 324 g/mol. The Kier molecular flexibility index (Phi) is 7.12. The minimum atomic E-state index is -3.48. The van der Waals surface area contributed by atoms with E-state index in [1.807, 2.05) is 13.8 Å². The first-order chi connectivity index (χ1) is 9.88. The van der Waals surface area contributed by atoms with Crippen molar-refractivity contribution in [2.45, 2.75) is 44.2 Å². The lowest BCUT2D eigenvalue weighted by Gasteiger charge is -2.30. The second-order valence-electron chi connectivity index (χ2n) is 5.84. The minimum Gasteiger partial charge on any atom is -0.491 e. The topological polar surface area (TPSA) is 67.4 Å². The van der Waals surface area contributed by atoms with E-state index in [0.717, 1.165) is 13.0 Å². The van der Waals surface area contributed by atoms with Gasteiger partial charge in [-0.2, -0.15) is 0 Å². The molecule has 126 valence electrons. The van der Waals surface area contributed by atoms with Gasteiger partial charge in [-0.15, -0.1) is 12.4 Å². The first kappa shape index (κ1) is 19.2. The first-order valence-corrected chi connectivity index (χ1v) is 8.86. The lowest BCUT2D eigenvalue weighted by atomic mass is 9.96. The van der Waals surface area contributed by atoms with Gasteiger partial charge in [0, 0.05) is 12.6 Å². The maximum Gasteiger partial charge on any atom is 0.240 e. The Morgan fingerprint density at radius 3 is 2.45 bits per heavy atom. The third kappa shape index (κ3) is 5.12. The van der Waals surface area contributed by atoms with Gasteiger partial charge < -0.3 is 10.1 Å². The number of hydrogen-bond acceptors (Lipinski definition) is 4. The molecule has 1 saturated heterocycles. The Balaban J connectivity index is 0.00000242. The molecule has 0 spiro atoms. The summed E-state index contributed by atoms with van der Waals surface area (Å²) in [5, 5.41) is 3.22. The normalized spacial score (nSPS) is 22.2. The number of ether oxygens (including phenoxy) is 1. The molecule has 0 saturated carbocycles. The number of benzene rings is 1. The van der Waals surface area contributed by atoms with Crippen molar-refractivity contribution in [1.29, 1.82) is 0 Å². The van der Waals surface area contributed by atoms with E-state index in [-0.39, 0.29) is 29.4 Å². The molecule has 0 amide bonds. The van der Waals surface area contributed by atoms with Gasteiger partial charge >= 0.3 is 0 Å². The molecule has 5 nitrogen and oxygen atoms in total. The number of nitrogens with one attached hydrogen (secondary N) is 2. The van der Waals surface area contributed by atoms with Crippen LogP contribution < -0.4 is 14.8 Å². The molecule has 2 unspecified atom stereocenters. The summed E-state index contributed by atoms with van der Waals surface area (Å²) in [5.74, 6) is 1.02. The summed E-state index contributed by atoms with van der Waals surface area (Å²) >= 11 is 0. The van der Waals surface area contributed by atoms with Crippen molar-refractivity contribution in [2.75, 3.05) is 13.1 Å². The van der Waals surface area contributed by atoms with E-state index in [2.05, 4.69) is 17.0 Å². The average Bonchev–Trinajstić information content (AvgIpc) is 2.41. The highest BCUT2D eigenvalue weighted by Gasteiger charge is 2.26. The van der Waals surface area contributed by atoms with Crippen LogP contribution in [0.4, 0.5) is 0 Å². The van der Waals surface area contributed by atoms with E-state index in [9.17, 15) is 8.42 Å². The molecule has 22 heavy (non-hydrogen) atoms. The SMILES string of the molecule is CC(C)Oc1ccc(S(=O)(=O)NC2CNCCC2C)cc1.Cl. The zero-order valence-electron chi connectivity index (χ0n) is 13.2. The Hall–Kier alpha value is -0.820. The molecule has 0 bridgehead atoms. The lowest BCUT2D eigenvalue weighted by molar-refractivity contribution is 0.242. The van der Waals surface area contributed by atoms with Crippen LogP contribution >= 0.6 is 12.4 Å². The molecule has 0 aromatic heterocycles. The van der Waals surface area contributed by atoms with Gasteiger partial charge in [-0.05, 0) is 57.0 Å². The number of rotatable bonds is 5. The first-order valence-electron chi connectivity index (χ1n) is 7.38. The van der Waals surface area contributed by atoms with Crippen molar-refractivity contribution in [1.82, 2.24) is 10.0 Å². The van der Waals surface area contributed by atoms with Crippen molar-refractivity contribution >= 4 is 22.4 Å². The molecule has 1 aliphatic rings. The summed E-state index contributed by atoms with van der Waals surface area (Å²) in [6, 6.07) is 6.49. The van der Waals surface area contributed by atoms with E-state index < -0.39 is 10.0 Å². The van der Waals surface area contributed by atoms with Gasteiger partial charge in [0.25, 0.3) is 0 Å². The van der Waals surface area contributed by atoms with E-state index in [4.69, 9.17) is 4.74 Å². The van der Waals surface area contributed by atoms with Crippen molar-refractivity contribution in [2.24, 2.45) is 5.92 Å². The van der Waals surface area contributed by atoms with E-state index in [1.54, 1.807) is 24.3 Å². The molecule has 1 aromatic rings. The van der Waals surface area contributed by atoms with Crippen LogP contribution in [-0.4, -0.2) is 33.7 Å². The van der Waals surface area contributed by atoms with E-state index in [1.165, 1.54) is 0 Å². The van der Waals surface area contributed by atoms with Gasteiger partial charge in [-0.25, -0.2) is 13.1 Å². The molecular formula is C15H25ClN2O3S. The number of piperidine rings is 1. The van der Waals surface area contributed by atoms with E-state index >= 15 is 0 Å². The van der Waals surface area contributed by atoms with Gasteiger partial charge in [-0.1, -0.05) is 6.92 Å². The van der Waals surface area contributed by atoms with Gasteiger partial charge in [0.15, 0.2) is 0 Å². The Morgan fingerprint density at radius 1 is 1.27 bits per heavy atom. The predicted molar refractivity (Wildman–Crippen MR) is 90.2 cm³/mol. The standard InChI is InChI=1S/C15H24N2O3S.ClH/c1-11(2)20-13-4-6-14(7-5-13)21(18,19)17-15-10-16-9-8-12(15)3;/h4-7,11-12,15-17H,8-10H2,1-3H3;1H. The largest absolute Gasteiger partial charge is 0.491 e. The van der Waals surface area contributed by atoms with Crippen LogP contribution in [0.5, 0.6) is 5.75 Å². The Bertz CT molecular complexity index is 561. The zero-order chi connectivity index (χ0) is 15.5. The van der Waals surface area contributed by atoms with Gasteiger partial charge in [0.05, 0.1) is 11.0 Å². The Labute approximate surface area is 139 Å². The fourth-order valence-electron chi connectivity index (χ4n) is 2.38. The molecule has 0 aliphatic carbocycles. The predicted octanol–water partition coefficient (Wildman–Crippen LogP) is 2.17.